The average Bonchev–Trinajstić information content (AvgIpc) is 3.28. The molecule has 0 saturated carbocycles. The molecule has 4 heterocycles. The number of piperazine rings is 1. The molecule has 2 aromatic carbocycles. The van der Waals surface area contributed by atoms with Gasteiger partial charge in [0.25, 0.3) is 0 Å². The Morgan fingerprint density at radius 1 is 0.875 bits per heavy atom. The molecule has 5 aromatic rings. The third-order valence-corrected chi connectivity index (χ3v) is 6.19. The Hall–Kier alpha value is -3.77. The maximum Gasteiger partial charge on any atom is 0.149 e. The summed E-state index contributed by atoms with van der Waals surface area (Å²) in [4.78, 5) is 11.3. The van der Waals surface area contributed by atoms with E-state index >= 15 is 0 Å². The summed E-state index contributed by atoms with van der Waals surface area (Å²) in [5, 5.41) is 4.17. The molecule has 0 bridgehead atoms. The van der Waals surface area contributed by atoms with Crippen LogP contribution in [0.4, 0.5) is 10.1 Å². The first kappa shape index (κ1) is 19.0. The number of anilines is 1. The summed E-state index contributed by atoms with van der Waals surface area (Å²) in [6.07, 6.45) is 5.52. The van der Waals surface area contributed by atoms with E-state index in [0.717, 1.165) is 59.6 Å². The van der Waals surface area contributed by atoms with E-state index < -0.39 is 0 Å². The Balaban J connectivity index is 1.36. The zero-order valence-electron chi connectivity index (χ0n) is 17.5. The van der Waals surface area contributed by atoms with Gasteiger partial charge in [0.15, 0.2) is 0 Å². The van der Waals surface area contributed by atoms with Crippen LogP contribution in [-0.2, 0) is 0 Å². The average molecular weight is 423 g/mol. The maximum absolute atomic E-state index is 14.2. The van der Waals surface area contributed by atoms with Gasteiger partial charge in [-0.15, -0.1) is 0 Å². The number of fused-ring (bicyclic) bond motifs is 2. The topological polar surface area (TPSA) is 45.5 Å². The van der Waals surface area contributed by atoms with Crippen molar-refractivity contribution in [3.8, 4) is 22.4 Å². The van der Waals surface area contributed by atoms with Crippen molar-refractivity contribution in [1.82, 2.24) is 19.7 Å². The van der Waals surface area contributed by atoms with E-state index in [9.17, 15) is 4.39 Å². The number of benzene rings is 2. The van der Waals surface area contributed by atoms with Crippen molar-refractivity contribution < 1.29 is 4.39 Å². The smallest absolute Gasteiger partial charge is 0.149 e. The molecule has 32 heavy (non-hydrogen) atoms. The molecule has 1 aliphatic heterocycles. The van der Waals surface area contributed by atoms with Crippen LogP contribution in [0.15, 0.2) is 79.3 Å². The zero-order valence-corrected chi connectivity index (χ0v) is 17.5. The summed E-state index contributed by atoms with van der Waals surface area (Å²) in [5.74, 6) is -0.315. The van der Waals surface area contributed by atoms with Crippen molar-refractivity contribution in [1.29, 1.82) is 0 Å². The van der Waals surface area contributed by atoms with Crippen LogP contribution in [0.5, 0.6) is 0 Å². The summed E-state index contributed by atoms with van der Waals surface area (Å²) < 4.78 is 16.3. The number of rotatable bonds is 3. The first-order chi connectivity index (χ1) is 15.8. The summed E-state index contributed by atoms with van der Waals surface area (Å²) in [6, 6.07) is 19.9. The number of hydrogen-bond acceptors (Lipinski definition) is 4. The van der Waals surface area contributed by atoms with Gasteiger partial charge in [-0.3, -0.25) is 9.38 Å². The third kappa shape index (κ3) is 3.20. The standard InChI is InChI=1S/C26H22FN5/c27-23-3-1-2-22-21(8-10-29-26(22)23)24-17-30-25-16-19(9-13-32(24)25)18-4-6-20(7-5-18)31-14-11-28-12-15-31/h1-10,13,16-17,28H,11-12,14-15H2. The molecule has 1 saturated heterocycles. The molecule has 158 valence electrons. The fourth-order valence-electron chi connectivity index (χ4n) is 4.51. The molecule has 1 fully saturated rings. The minimum Gasteiger partial charge on any atom is -0.369 e. The Labute approximate surface area is 185 Å². The molecule has 6 rings (SSSR count). The van der Waals surface area contributed by atoms with Crippen LogP contribution in [0.25, 0.3) is 38.9 Å². The molecule has 0 aliphatic carbocycles. The number of pyridine rings is 2. The number of imidazole rings is 1. The summed E-state index contributed by atoms with van der Waals surface area (Å²) >= 11 is 0. The lowest BCUT2D eigenvalue weighted by Gasteiger charge is -2.29. The first-order valence-corrected chi connectivity index (χ1v) is 10.8. The summed E-state index contributed by atoms with van der Waals surface area (Å²) in [5.41, 5.74) is 6.59. The molecule has 0 radical (unpaired) electrons. The predicted octanol–water partition coefficient (Wildman–Crippen LogP) is 4.77. The molecule has 0 amide bonds. The Kier molecular flexibility index (Phi) is 4.58. The largest absolute Gasteiger partial charge is 0.369 e. The van der Waals surface area contributed by atoms with Crippen molar-refractivity contribution in [2.24, 2.45) is 0 Å². The fourth-order valence-corrected chi connectivity index (χ4v) is 4.51. The van der Waals surface area contributed by atoms with E-state index in [1.807, 2.05) is 28.9 Å². The van der Waals surface area contributed by atoms with Gasteiger partial charge < -0.3 is 10.2 Å². The van der Waals surface area contributed by atoms with Crippen LogP contribution in [-0.4, -0.2) is 40.5 Å². The third-order valence-electron chi connectivity index (χ3n) is 6.19. The summed E-state index contributed by atoms with van der Waals surface area (Å²) in [7, 11) is 0. The highest BCUT2D eigenvalue weighted by atomic mass is 19.1. The second-order valence-corrected chi connectivity index (χ2v) is 8.07. The highest BCUT2D eigenvalue weighted by molar-refractivity contribution is 5.94. The van der Waals surface area contributed by atoms with E-state index in [-0.39, 0.29) is 5.82 Å². The Bertz CT molecular complexity index is 1420. The van der Waals surface area contributed by atoms with Crippen molar-refractivity contribution >= 4 is 22.2 Å². The van der Waals surface area contributed by atoms with Crippen LogP contribution in [0.2, 0.25) is 0 Å². The maximum atomic E-state index is 14.2. The van der Waals surface area contributed by atoms with Crippen molar-refractivity contribution in [3.05, 3.63) is 85.1 Å². The minimum atomic E-state index is -0.315. The van der Waals surface area contributed by atoms with Gasteiger partial charge in [-0.05, 0) is 47.5 Å². The predicted molar refractivity (Wildman–Crippen MR) is 126 cm³/mol. The number of hydrogen-bond donors (Lipinski definition) is 1. The molecule has 0 spiro atoms. The lowest BCUT2D eigenvalue weighted by Crippen LogP contribution is -2.43. The van der Waals surface area contributed by atoms with E-state index in [2.05, 4.69) is 56.6 Å². The molecule has 1 N–H and O–H groups in total. The molecule has 5 nitrogen and oxygen atoms in total. The highest BCUT2D eigenvalue weighted by Crippen LogP contribution is 2.31. The van der Waals surface area contributed by atoms with Crippen LogP contribution >= 0.6 is 0 Å². The first-order valence-electron chi connectivity index (χ1n) is 10.8. The molecule has 3 aromatic heterocycles. The van der Waals surface area contributed by atoms with Gasteiger partial charge in [-0.2, -0.15) is 0 Å². The van der Waals surface area contributed by atoms with Gasteiger partial charge in [0.1, 0.15) is 17.0 Å². The number of nitrogens with one attached hydrogen (secondary N) is 1. The van der Waals surface area contributed by atoms with E-state index in [0.29, 0.717) is 5.52 Å². The second-order valence-electron chi connectivity index (χ2n) is 8.07. The van der Waals surface area contributed by atoms with Gasteiger partial charge in [-0.1, -0.05) is 24.3 Å². The number of aromatic nitrogens is 3. The van der Waals surface area contributed by atoms with E-state index in [1.54, 1.807) is 12.3 Å². The second kappa shape index (κ2) is 7.73. The van der Waals surface area contributed by atoms with Crippen LogP contribution in [0, 0.1) is 5.82 Å². The normalized spacial score (nSPS) is 14.3. The zero-order chi connectivity index (χ0) is 21.5. The van der Waals surface area contributed by atoms with E-state index in [1.165, 1.54) is 11.8 Å². The SMILES string of the molecule is Fc1cccc2c(-c3cnc4cc(-c5ccc(N6CCNCC6)cc5)ccn34)ccnc12. The number of halogens is 1. The number of nitrogens with zero attached hydrogens (tertiary/aromatic N) is 4. The Morgan fingerprint density at radius 3 is 2.56 bits per heavy atom. The lowest BCUT2D eigenvalue weighted by molar-refractivity contribution is 0.589. The quantitative estimate of drug-likeness (QED) is 0.454. The van der Waals surface area contributed by atoms with Crippen LogP contribution in [0.3, 0.4) is 0 Å². The minimum absolute atomic E-state index is 0.315. The van der Waals surface area contributed by atoms with Gasteiger partial charge in [0.05, 0.1) is 11.9 Å². The van der Waals surface area contributed by atoms with Gasteiger partial charge in [0, 0.05) is 55.2 Å². The monoisotopic (exact) mass is 423 g/mol. The van der Waals surface area contributed by atoms with Gasteiger partial charge in [0.2, 0.25) is 0 Å². The van der Waals surface area contributed by atoms with Gasteiger partial charge >= 0.3 is 0 Å². The molecular weight excluding hydrogens is 401 g/mol. The van der Waals surface area contributed by atoms with Crippen LogP contribution in [0.1, 0.15) is 0 Å². The molecule has 1 aliphatic rings. The fraction of sp³-hybridized carbons (Fsp3) is 0.154. The Morgan fingerprint density at radius 2 is 1.72 bits per heavy atom. The number of para-hydroxylation sites is 1. The van der Waals surface area contributed by atoms with Crippen molar-refractivity contribution in [2.45, 2.75) is 0 Å². The van der Waals surface area contributed by atoms with E-state index in [4.69, 9.17) is 0 Å². The van der Waals surface area contributed by atoms with Crippen molar-refractivity contribution in [3.63, 3.8) is 0 Å². The summed E-state index contributed by atoms with van der Waals surface area (Å²) in [6.45, 7) is 4.13. The molecule has 0 unspecified atom stereocenters. The lowest BCUT2D eigenvalue weighted by atomic mass is 10.1. The van der Waals surface area contributed by atoms with Crippen molar-refractivity contribution in [2.75, 3.05) is 31.1 Å². The molecular formula is C26H22FN5. The van der Waals surface area contributed by atoms with Crippen LogP contribution < -0.4 is 10.2 Å². The molecule has 0 atom stereocenters. The highest BCUT2D eigenvalue weighted by Gasteiger charge is 2.13. The van der Waals surface area contributed by atoms with Gasteiger partial charge in [-0.25, -0.2) is 9.37 Å². The molecule has 6 heteroatoms.